The van der Waals surface area contributed by atoms with E-state index in [4.69, 9.17) is 23.2 Å². The van der Waals surface area contributed by atoms with Gasteiger partial charge in [0.1, 0.15) is 0 Å². The maximum atomic E-state index is 12.1. The number of nitrogens with one attached hydrogen (secondary N) is 1. The van der Waals surface area contributed by atoms with Crippen LogP contribution in [0.1, 0.15) is 11.4 Å². The van der Waals surface area contributed by atoms with Gasteiger partial charge in [-0.05, 0) is 24.3 Å². The Bertz CT molecular complexity index is 911. The van der Waals surface area contributed by atoms with Crippen LogP contribution in [0.3, 0.4) is 0 Å². The lowest BCUT2D eigenvalue weighted by atomic mass is 10.2. The highest BCUT2D eigenvalue weighted by molar-refractivity contribution is 6.50. The van der Waals surface area contributed by atoms with Crippen molar-refractivity contribution in [3.8, 4) is 0 Å². The average molecular weight is 321 g/mol. The highest BCUT2D eigenvalue weighted by Crippen LogP contribution is 2.20. The van der Waals surface area contributed by atoms with Gasteiger partial charge in [0.2, 0.25) is 0 Å². The maximum absolute atomic E-state index is 12.1. The van der Waals surface area contributed by atoms with Crippen LogP contribution in [0.4, 0.5) is 0 Å². The van der Waals surface area contributed by atoms with E-state index in [9.17, 15) is 4.79 Å². The summed E-state index contributed by atoms with van der Waals surface area (Å²) >= 11 is 12.1. The van der Waals surface area contributed by atoms with E-state index in [1.165, 1.54) is 0 Å². The number of fused-ring (bicyclic) bond motifs is 1. The molecule has 0 radical (unpaired) electrons. The fraction of sp³-hybridized carbons (Fsp3) is 0.0714. The fourth-order valence-electron chi connectivity index (χ4n) is 1.95. The quantitative estimate of drug-likeness (QED) is 0.789. The Balaban J connectivity index is 2.10. The molecule has 1 aromatic carbocycles. The zero-order valence-electron chi connectivity index (χ0n) is 11.0. The smallest absolute Gasteiger partial charge is 0.259 e. The lowest BCUT2D eigenvalue weighted by molar-refractivity contribution is 0.767. The highest BCUT2D eigenvalue weighted by atomic mass is 35.5. The predicted octanol–water partition coefficient (Wildman–Crippen LogP) is 3.05. The number of H-pyrrole nitrogens is 1. The van der Waals surface area contributed by atoms with Crippen LogP contribution in [0.25, 0.3) is 22.0 Å². The molecule has 0 fully saturated rings. The normalized spacial score (nSPS) is 12.0. The molecule has 106 valence electrons. The molecule has 7 heteroatoms. The summed E-state index contributed by atoms with van der Waals surface area (Å²) < 4.78 is 1.66. The molecule has 0 atom stereocenters. The Morgan fingerprint density at radius 3 is 2.95 bits per heavy atom. The first kappa shape index (κ1) is 13.9. The van der Waals surface area contributed by atoms with Gasteiger partial charge in [-0.1, -0.05) is 23.2 Å². The Labute approximate surface area is 129 Å². The summed E-state index contributed by atoms with van der Waals surface area (Å²) in [5, 5.41) is 5.29. The molecule has 0 bridgehead atoms. The van der Waals surface area contributed by atoms with Crippen molar-refractivity contribution < 1.29 is 0 Å². The molecule has 0 saturated heterocycles. The van der Waals surface area contributed by atoms with Gasteiger partial charge in [0.05, 0.1) is 22.1 Å². The number of hydrogen-bond acceptors (Lipinski definition) is 3. The Morgan fingerprint density at radius 1 is 1.43 bits per heavy atom. The van der Waals surface area contributed by atoms with Gasteiger partial charge in [-0.25, -0.2) is 4.98 Å². The number of aryl methyl sites for hydroxylation is 1. The second kappa shape index (κ2) is 5.35. The molecule has 0 aliphatic carbocycles. The third kappa shape index (κ3) is 2.84. The van der Waals surface area contributed by atoms with Crippen LogP contribution in [0.15, 0.2) is 35.4 Å². The summed E-state index contributed by atoms with van der Waals surface area (Å²) in [7, 11) is 1.81. The van der Waals surface area contributed by atoms with Crippen molar-refractivity contribution in [2.45, 2.75) is 0 Å². The third-order valence-electron chi connectivity index (χ3n) is 2.91. The summed E-state index contributed by atoms with van der Waals surface area (Å²) in [6.07, 6.45) is 5.16. The maximum Gasteiger partial charge on any atom is 0.259 e. The van der Waals surface area contributed by atoms with Crippen molar-refractivity contribution in [1.82, 2.24) is 19.7 Å². The Hall–Kier alpha value is -2.11. The van der Waals surface area contributed by atoms with Crippen LogP contribution in [0.2, 0.25) is 5.02 Å². The molecule has 0 spiro atoms. The van der Waals surface area contributed by atoms with E-state index in [1.807, 2.05) is 7.05 Å². The first-order valence-corrected chi connectivity index (χ1v) is 6.84. The summed E-state index contributed by atoms with van der Waals surface area (Å²) in [6, 6.07) is 4.94. The zero-order valence-corrected chi connectivity index (χ0v) is 12.5. The summed E-state index contributed by atoms with van der Waals surface area (Å²) in [5.74, 6) is 0.306. The average Bonchev–Trinajstić information content (AvgIpc) is 2.84. The first-order valence-electron chi connectivity index (χ1n) is 6.09. The van der Waals surface area contributed by atoms with Crippen molar-refractivity contribution in [2.75, 3.05) is 0 Å². The van der Waals surface area contributed by atoms with Crippen molar-refractivity contribution in [2.24, 2.45) is 7.05 Å². The largest absolute Gasteiger partial charge is 0.305 e. The highest BCUT2D eigenvalue weighted by Gasteiger charge is 2.07. The van der Waals surface area contributed by atoms with Crippen LogP contribution < -0.4 is 5.56 Å². The van der Waals surface area contributed by atoms with Crippen LogP contribution in [0.5, 0.6) is 0 Å². The summed E-state index contributed by atoms with van der Waals surface area (Å²) in [6.45, 7) is 0. The number of hydrogen-bond donors (Lipinski definition) is 1. The lowest BCUT2D eigenvalue weighted by Gasteiger charge is -2.02. The van der Waals surface area contributed by atoms with Crippen molar-refractivity contribution in [1.29, 1.82) is 0 Å². The second-order valence-corrected chi connectivity index (χ2v) is 5.36. The predicted molar refractivity (Wildman–Crippen MR) is 84.3 cm³/mol. The molecule has 1 N–H and O–H groups in total. The summed E-state index contributed by atoms with van der Waals surface area (Å²) in [4.78, 5) is 19.0. The molecule has 3 rings (SSSR count). The zero-order chi connectivity index (χ0) is 15.0. The Morgan fingerprint density at radius 2 is 2.24 bits per heavy atom. The lowest BCUT2D eigenvalue weighted by Crippen LogP contribution is -2.10. The van der Waals surface area contributed by atoms with E-state index in [0.29, 0.717) is 26.8 Å². The standard InChI is InChI=1S/C14H10Cl2N4O/c1-20-7-8(6-17-20)4-11(16)13-18-12-3-2-9(15)5-10(12)14(21)19-13/h2-7H,1H3,(H,18,19,21). The minimum absolute atomic E-state index is 0.282. The fourth-order valence-corrected chi connectivity index (χ4v) is 2.34. The Kier molecular flexibility index (Phi) is 3.53. The third-order valence-corrected chi connectivity index (χ3v) is 3.44. The van der Waals surface area contributed by atoms with Gasteiger partial charge >= 0.3 is 0 Å². The van der Waals surface area contributed by atoms with Crippen molar-refractivity contribution in [3.05, 3.63) is 57.4 Å². The minimum Gasteiger partial charge on any atom is -0.305 e. The second-order valence-electron chi connectivity index (χ2n) is 4.52. The van der Waals surface area contributed by atoms with E-state index >= 15 is 0 Å². The van der Waals surface area contributed by atoms with Gasteiger partial charge < -0.3 is 4.98 Å². The van der Waals surface area contributed by atoms with E-state index in [0.717, 1.165) is 5.56 Å². The molecule has 3 aromatic rings. The molecule has 0 aliphatic heterocycles. The molecule has 0 unspecified atom stereocenters. The SMILES string of the molecule is Cn1cc(C=C(Cl)c2nc3ccc(Cl)cc3c(=O)[nH]2)cn1. The van der Waals surface area contributed by atoms with Gasteiger partial charge in [-0.15, -0.1) is 0 Å². The van der Waals surface area contributed by atoms with E-state index < -0.39 is 0 Å². The molecule has 2 aromatic heterocycles. The molecule has 0 aliphatic rings. The molecule has 21 heavy (non-hydrogen) atoms. The van der Waals surface area contributed by atoms with Crippen molar-refractivity contribution >= 4 is 45.2 Å². The van der Waals surface area contributed by atoms with Gasteiger partial charge in [-0.2, -0.15) is 5.10 Å². The van der Waals surface area contributed by atoms with Crippen LogP contribution >= 0.6 is 23.2 Å². The number of benzene rings is 1. The molecule has 2 heterocycles. The molecule has 5 nitrogen and oxygen atoms in total. The number of halogens is 2. The van der Waals surface area contributed by atoms with Gasteiger partial charge in [0, 0.05) is 23.8 Å². The van der Waals surface area contributed by atoms with Crippen molar-refractivity contribution in [3.63, 3.8) is 0 Å². The molecular formula is C14H10Cl2N4O. The number of aromatic amines is 1. The van der Waals surface area contributed by atoms with Crippen LogP contribution in [-0.2, 0) is 7.05 Å². The van der Waals surface area contributed by atoms with E-state index in [-0.39, 0.29) is 5.56 Å². The first-order chi connectivity index (χ1) is 10.0. The minimum atomic E-state index is -0.282. The topological polar surface area (TPSA) is 63.6 Å². The van der Waals surface area contributed by atoms with Gasteiger partial charge in [0.25, 0.3) is 5.56 Å². The van der Waals surface area contributed by atoms with Gasteiger partial charge in [0.15, 0.2) is 5.82 Å². The molecular weight excluding hydrogens is 311 g/mol. The van der Waals surface area contributed by atoms with E-state index in [2.05, 4.69) is 15.1 Å². The van der Waals surface area contributed by atoms with Crippen LogP contribution in [0, 0.1) is 0 Å². The monoisotopic (exact) mass is 320 g/mol. The number of rotatable bonds is 2. The number of nitrogens with zero attached hydrogens (tertiary/aromatic N) is 3. The van der Waals surface area contributed by atoms with E-state index in [1.54, 1.807) is 41.4 Å². The summed E-state index contributed by atoms with van der Waals surface area (Å²) in [5.41, 5.74) is 1.08. The number of aromatic nitrogens is 4. The molecule has 0 saturated carbocycles. The van der Waals surface area contributed by atoms with Crippen LogP contribution in [-0.4, -0.2) is 19.7 Å². The van der Waals surface area contributed by atoms with Gasteiger partial charge in [-0.3, -0.25) is 9.48 Å². The molecule has 0 amide bonds.